The summed E-state index contributed by atoms with van der Waals surface area (Å²) in [6, 6.07) is 21.4. The normalized spacial score (nSPS) is 11.3. The van der Waals surface area contributed by atoms with Crippen LogP contribution in [0.1, 0.15) is 20.8 Å². The van der Waals surface area contributed by atoms with Crippen LogP contribution in [-0.4, -0.2) is 45.0 Å². The highest BCUT2D eigenvalue weighted by Crippen LogP contribution is 2.30. The number of rotatable bonds is 6. The largest absolute Gasteiger partial charge is 0.497 e. The van der Waals surface area contributed by atoms with E-state index in [1.54, 1.807) is 70.3 Å². The molecule has 11 heteroatoms. The summed E-state index contributed by atoms with van der Waals surface area (Å²) in [6.45, 7) is 5.36. The average molecular weight is 555 g/mol. The molecule has 2 N–H and O–H groups in total. The van der Waals surface area contributed by atoms with Crippen molar-refractivity contribution in [2.75, 3.05) is 24.8 Å². The van der Waals surface area contributed by atoms with Crippen LogP contribution in [0, 0.1) is 0 Å². The molecule has 210 valence electrons. The molecule has 0 saturated carbocycles. The van der Waals surface area contributed by atoms with Gasteiger partial charge in [-0.3, -0.25) is 9.47 Å². The first-order chi connectivity index (χ1) is 19.6. The highest BCUT2D eigenvalue weighted by molar-refractivity contribution is 5.89. The Morgan fingerprint density at radius 3 is 2.22 bits per heavy atom. The predicted octanol–water partition coefficient (Wildman–Crippen LogP) is 5.33. The second-order valence-electron chi connectivity index (χ2n) is 10.2. The molecule has 0 radical (unpaired) electrons. The minimum Gasteiger partial charge on any atom is -0.497 e. The van der Waals surface area contributed by atoms with Crippen molar-refractivity contribution in [2.45, 2.75) is 26.4 Å². The Kier molecular flexibility index (Phi) is 7.10. The fraction of sp³-hybridized carbons (Fsp3) is 0.200. The fourth-order valence-corrected chi connectivity index (χ4v) is 4.25. The maximum Gasteiger partial charge on any atom is 0.414 e. The van der Waals surface area contributed by atoms with E-state index in [1.165, 1.54) is 27.5 Å². The van der Waals surface area contributed by atoms with E-state index in [0.29, 0.717) is 39.8 Å². The van der Waals surface area contributed by atoms with Crippen LogP contribution in [0.4, 0.5) is 16.3 Å². The van der Waals surface area contributed by atoms with Crippen molar-refractivity contribution in [3.05, 3.63) is 89.6 Å². The third kappa shape index (κ3) is 5.55. The van der Waals surface area contributed by atoms with Crippen molar-refractivity contribution in [3.8, 4) is 28.6 Å². The van der Waals surface area contributed by atoms with Gasteiger partial charge in [0.2, 0.25) is 0 Å². The van der Waals surface area contributed by atoms with E-state index in [1.807, 2.05) is 30.3 Å². The molecule has 0 saturated heterocycles. The lowest BCUT2D eigenvalue weighted by Gasteiger charge is -2.25. The van der Waals surface area contributed by atoms with Gasteiger partial charge in [0.1, 0.15) is 34.7 Å². The summed E-state index contributed by atoms with van der Waals surface area (Å²) in [5.74, 6) is 1.84. The summed E-state index contributed by atoms with van der Waals surface area (Å²) in [5, 5.41) is 0. The zero-order valence-corrected chi connectivity index (χ0v) is 23.4. The van der Waals surface area contributed by atoms with Crippen LogP contribution < -0.4 is 25.8 Å². The molecule has 5 aromatic rings. The summed E-state index contributed by atoms with van der Waals surface area (Å²) >= 11 is 0. The fourth-order valence-electron chi connectivity index (χ4n) is 4.25. The number of hydrogen-bond donors (Lipinski definition) is 1. The number of aromatic nitrogens is 4. The van der Waals surface area contributed by atoms with E-state index in [4.69, 9.17) is 19.9 Å². The zero-order valence-electron chi connectivity index (χ0n) is 23.4. The smallest absolute Gasteiger partial charge is 0.414 e. The third-order valence-corrected chi connectivity index (χ3v) is 6.15. The van der Waals surface area contributed by atoms with Crippen LogP contribution in [0.3, 0.4) is 0 Å². The molecule has 0 atom stereocenters. The Balaban J connectivity index is 1.62. The minimum atomic E-state index is -0.687. The van der Waals surface area contributed by atoms with Crippen LogP contribution in [0.5, 0.6) is 17.2 Å². The second kappa shape index (κ2) is 10.7. The summed E-state index contributed by atoms with van der Waals surface area (Å²) < 4.78 is 19.8. The van der Waals surface area contributed by atoms with Crippen molar-refractivity contribution in [2.24, 2.45) is 0 Å². The number of carbonyl (C=O) groups is 1. The van der Waals surface area contributed by atoms with Crippen LogP contribution in [0.15, 0.2) is 83.9 Å². The summed E-state index contributed by atoms with van der Waals surface area (Å²) in [7, 11) is 3.08. The first kappa shape index (κ1) is 27.3. The maximum atomic E-state index is 14.0. The molecule has 0 unspecified atom stereocenters. The monoisotopic (exact) mass is 554 g/mol. The molecule has 11 nitrogen and oxygen atoms in total. The molecule has 1 amide bonds. The molecule has 3 aromatic carbocycles. The number of fused-ring (bicyclic) bond motifs is 1. The number of benzene rings is 3. The van der Waals surface area contributed by atoms with Gasteiger partial charge in [-0.25, -0.2) is 24.1 Å². The topological polar surface area (TPSA) is 127 Å². The molecular weight excluding hydrogens is 524 g/mol. The number of ether oxygens (including phenoxy) is 3. The number of carbonyl (C=O) groups excluding carboxylic acids is 1. The van der Waals surface area contributed by atoms with Crippen molar-refractivity contribution >= 4 is 28.8 Å². The number of methoxy groups -OCH3 is 1. The highest BCUT2D eigenvalue weighted by atomic mass is 16.6. The Morgan fingerprint density at radius 2 is 1.56 bits per heavy atom. The van der Waals surface area contributed by atoms with Gasteiger partial charge < -0.3 is 19.9 Å². The SMILES string of the molecule is COc1cc(N(C)C(=O)OC(C)(C)C)cc(-n2c(=O)n(-c3ccc(Oc4ccccc4)cc3)c3c(N)ncnc32)c1. The molecule has 0 aliphatic rings. The van der Waals surface area contributed by atoms with Crippen molar-refractivity contribution in [3.63, 3.8) is 0 Å². The number of hydrogen-bond acceptors (Lipinski definition) is 8. The van der Waals surface area contributed by atoms with E-state index in [9.17, 15) is 9.59 Å². The van der Waals surface area contributed by atoms with Crippen molar-refractivity contribution < 1.29 is 19.0 Å². The van der Waals surface area contributed by atoms with Crippen LogP contribution in [0.2, 0.25) is 0 Å². The van der Waals surface area contributed by atoms with E-state index >= 15 is 0 Å². The second-order valence-corrected chi connectivity index (χ2v) is 10.2. The number of nitrogens with zero attached hydrogens (tertiary/aromatic N) is 5. The summed E-state index contributed by atoms with van der Waals surface area (Å²) in [4.78, 5) is 36.7. The number of amides is 1. The minimum absolute atomic E-state index is 0.129. The standard InChI is InChI=1S/C30H30N6O5/c1-30(2,3)41-29(38)34(4)20-15-21(17-24(16-20)39-5)36-27-25(26(31)32-18-33-27)35(28(36)37)19-11-13-23(14-12-19)40-22-9-7-6-8-10-22/h6-18H,1-5H3,(H2,31,32,33). The van der Waals surface area contributed by atoms with Gasteiger partial charge >= 0.3 is 11.8 Å². The third-order valence-electron chi connectivity index (χ3n) is 6.15. The Hall–Kier alpha value is -5.32. The first-order valence-corrected chi connectivity index (χ1v) is 12.8. The van der Waals surface area contributed by atoms with Crippen LogP contribution >= 0.6 is 0 Å². The van der Waals surface area contributed by atoms with Gasteiger partial charge in [-0.2, -0.15) is 0 Å². The van der Waals surface area contributed by atoms with Crippen LogP contribution in [-0.2, 0) is 4.74 Å². The molecule has 0 aliphatic carbocycles. The molecule has 41 heavy (non-hydrogen) atoms. The maximum absolute atomic E-state index is 14.0. The number of nitrogen functional groups attached to an aromatic ring is 1. The van der Waals surface area contributed by atoms with Gasteiger partial charge in [0.15, 0.2) is 11.5 Å². The van der Waals surface area contributed by atoms with Crippen LogP contribution in [0.25, 0.3) is 22.5 Å². The molecule has 2 aromatic heterocycles. The zero-order chi connectivity index (χ0) is 29.3. The summed E-state index contributed by atoms with van der Waals surface area (Å²) in [5.41, 5.74) is 7.16. The van der Waals surface area contributed by atoms with Gasteiger partial charge in [0.05, 0.1) is 24.2 Å². The van der Waals surface area contributed by atoms with Gasteiger partial charge in [0, 0.05) is 19.2 Å². The lowest BCUT2D eigenvalue weighted by molar-refractivity contribution is 0.0589. The lowest BCUT2D eigenvalue weighted by Crippen LogP contribution is -2.34. The molecule has 0 bridgehead atoms. The number of imidazole rings is 1. The number of nitrogens with two attached hydrogens (primary N) is 1. The first-order valence-electron chi connectivity index (χ1n) is 12.8. The van der Waals surface area contributed by atoms with Gasteiger partial charge in [-0.05, 0) is 63.2 Å². The van der Waals surface area contributed by atoms with Crippen molar-refractivity contribution in [1.29, 1.82) is 0 Å². The van der Waals surface area contributed by atoms with E-state index in [2.05, 4.69) is 9.97 Å². The van der Waals surface area contributed by atoms with E-state index in [-0.39, 0.29) is 11.5 Å². The predicted molar refractivity (Wildman–Crippen MR) is 157 cm³/mol. The molecule has 0 spiro atoms. The number of anilines is 2. The van der Waals surface area contributed by atoms with E-state index in [0.717, 1.165) is 0 Å². The average Bonchev–Trinajstić information content (AvgIpc) is 3.25. The Labute approximate surface area is 236 Å². The lowest BCUT2D eigenvalue weighted by atomic mass is 10.2. The molecule has 0 fully saturated rings. The summed E-state index contributed by atoms with van der Waals surface area (Å²) in [6.07, 6.45) is 0.735. The van der Waals surface area contributed by atoms with E-state index < -0.39 is 17.4 Å². The number of para-hydroxylation sites is 1. The van der Waals surface area contributed by atoms with Gasteiger partial charge in [-0.1, -0.05) is 18.2 Å². The van der Waals surface area contributed by atoms with Gasteiger partial charge in [0.25, 0.3) is 0 Å². The Bertz CT molecular complexity index is 1770. The Morgan fingerprint density at radius 1 is 0.878 bits per heavy atom. The molecule has 2 heterocycles. The molecular formula is C30H30N6O5. The molecule has 0 aliphatic heterocycles. The highest BCUT2D eigenvalue weighted by Gasteiger charge is 2.24. The van der Waals surface area contributed by atoms with Crippen molar-refractivity contribution in [1.82, 2.24) is 19.1 Å². The molecule has 5 rings (SSSR count). The van der Waals surface area contributed by atoms with Gasteiger partial charge in [-0.15, -0.1) is 0 Å². The quantitative estimate of drug-likeness (QED) is 0.299.